The monoisotopic (exact) mass is 1740 g/mol. The minimum Gasteiger partial charge on any atom is -0.124 e. The molecule has 0 aromatic heterocycles. The van der Waals surface area contributed by atoms with Crippen LogP contribution in [0.4, 0.5) is 0 Å². The fourth-order valence-corrected chi connectivity index (χ4v) is 31.5. The van der Waals surface area contributed by atoms with Crippen LogP contribution in [0.3, 0.4) is 0 Å². The van der Waals surface area contributed by atoms with Gasteiger partial charge in [-0.1, -0.05) is 403 Å². The molecule has 0 saturated heterocycles. The van der Waals surface area contributed by atoms with Crippen molar-refractivity contribution in [2.75, 3.05) is 69.0 Å². The summed E-state index contributed by atoms with van der Waals surface area (Å²) in [4.78, 5) is 20.7. The zero-order valence-electron chi connectivity index (χ0n) is 74.6. The molecule has 2 aromatic carbocycles. The van der Waals surface area contributed by atoms with Crippen LogP contribution in [0.15, 0.2) is 58.7 Å². The first kappa shape index (κ1) is 109. The van der Waals surface area contributed by atoms with Gasteiger partial charge in [-0.15, -0.1) is 141 Å². The summed E-state index contributed by atoms with van der Waals surface area (Å²) < 4.78 is 0. The van der Waals surface area contributed by atoms with Gasteiger partial charge in [0.2, 0.25) is 0 Å². The minimum atomic E-state index is 1.25. The Kier molecular flexibility index (Phi) is 84.2. The topological polar surface area (TPSA) is 0 Å². The van der Waals surface area contributed by atoms with Crippen molar-refractivity contribution in [2.24, 2.45) is 0 Å². The average Bonchev–Trinajstić information content (AvgIpc) is 0.776. The van der Waals surface area contributed by atoms with Gasteiger partial charge in [-0.2, -0.15) is 0 Å². The van der Waals surface area contributed by atoms with E-state index in [0.717, 1.165) is 0 Å². The van der Waals surface area contributed by atoms with Crippen LogP contribution in [0, 0.1) is 0 Å². The van der Waals surface area contributed by atoms with Gasteiger partial charge in [0.1, 0.15) is 0 Å². The van der Waals surface area contributed by atoms with E-state index in [1.165, 1.54) is 480 Å². The molecule has 0 unspecified atom stereocenters. The highest BCUT2D eigenvalue weighted by molar-refractivity contribution is 8.08. The van der Waals surface area contributed by atoms with E-state index >= 15 is 0 Å². The molecule has 646 valence electrons. The molecule has 110 heavy (non-hydrogen) atoms. The molecule has 0 nitrogen and oxygen atoms in total. The number of rotatable bonds is 89. The van der Waals surface area contributed by atoms with Gasteiger partial charge in [0.15, 0.2) is 0 Å². The van der Waals surface area contributed by atoms with Crippen molar-refractivity contribution in [3.63, 3.8) is 0 Å². The Morgan fingerprint density at radius 1 is 0.0909 bits per heavy atom. The fourth-order valence-electron chi connectivity index (χ4n) is 14.3. The number of hydrogen-bond acceptors (Lipinski definition) is 12. The van der Waals surface area contributed by atoms with Gasteiger partial charge in [0.25, 0.3) is 0 Å². The molecular weight excluding hydrogens is 1560 g/mol. The smallest absolute Gasteiger partial charge is 0.0368 e. The molecule has 0 spiro atoms. The number of benzene rings is 2. The van der Waals surface area contributed by atoms with Gasteiger partial charge in [-0.3, -0.25) is 0 Å². The van der Waals surface area contributed by atoms with Crippen LogP contribution in [0.2, 0.25) is 0 Å². The molecule has 0 N–H and O–H groups in total. The first-order valence-electron chi connectivity index (χ1n) is 48.5. The van der Waals surface area contributed by atoms with Crippen LogP contribution in [0.25, 0.3) is 0 Å². The highest BCUT2D eigenvalue weighted by Gasteiger charge is 2.29. The lowest BCUT2D eigenvalue weighted by Gasteiger charge is -2.26. The first-order chi connectivity index (χ1) is 54.5. The van der Waals surface area contributed by atoms with E-state index in [2.05, 4.69) is 210 Å². The van der Waals surface area contributed by atoms with Gasteiger partial charge < -0.3 is 0 Å². The number of hydrogen-bond donors (Lipinski definition) is 0. The van der Waals surface area contributed by atoms with Gasteiger partial charge in [-0.05, 0) is 146 Å². The third-order valence-corrected chi connectivity index (χ3v) is 37.3. The molecule has 2 rings (SSSR count). The lowest BCUT2D eigenvalue weighted by molar-refractivity contribution is 0.626. The van der Waals surface area contributed by atoms with Gasteiger partial charge >= 0.3 is 0 Å². The summed E-state index contributed by atoms with van der Waals surface area (Å²) in [5.41, 5.74) is 0. The van der Waals surface area contributed by atoms with Crippen molar-refractivity contribution < 1.29 is 0 Å². The molecule has 0 amide bonds. The number of thioether (sulfide) groups is 12. The average molecular weight is 1750 g/mol. The van der Waals surface area contributed by atoms with Gasteiger partial charge in [-0.25, -0.2) is 0 Å². The summed E-state index contributed by atoms with van der Waals surface area (Å²) in [7, 11) is 0. The van der Waals surface area contributed by atoms with Crippen LogP contribution in [0.5, 0.6) is 0 Å². The molecule has 0 atom stereocenters. The molecule has 0 fully saturated rings. The van der Waals surface area contributed by atoms with E-state index in [9.17, 15) is 0 Å². The molecule has 12 heteroatoms. The summed E-state index contributed by atoms with van der Waals surface area (Å²) >= 11 is 27.9. The highest BCUT2D eigenvalue weighted by atomic mass is 32.2. The maximum atomic E-state index is 2.38. The maximum Gasteiger partial charge on any atom is 0.0368 e. The molecular formula is C98H182S12. The second-order valence-corrected chi connectivity index (χ2v) is 45.5. The summed E-state index contributed by atoms with van der Waals surface area (Å²) in [6.07, 6.45) is 88.3. The Labute approximate surface area is 741 Å². The Balaban J connectivity index is 2.91. The third-order valence-electron chi connectivity index (χ3n) is 21.4. The van der Waals surface area contributed by atoms with Crippen molar-refractivity contribution in [1.82, 2.24) is 0 Å². The predicted octanol–water partition coefficient (Wildman–Crippen LogP) is 40.7. The van der Waals surface area contributed by atoms with Crippen molar-refractivity contribution in [3.05, 3.63) is 0 Å². The van der Waals surface area contributed by atoms with Crippen molar-refractivity contribution in [3.8, 4) is 0 Å². The van der Waals surface area contributed by atoms with E-state index < -0.39 is 0 Å². The highest BCUT2D eigenvalue weighted by Crippen LogP contribution is 2.57. The Morgan fingerprint density at radius 3 is 0.227 bits per heavy atom. The molecule has 0 saturated carbocycles. The Bertz CT molecular complexity index is 1990. The standard InChI is InChI=1S/C98H182S12/c1-11-21-31-41-51-63-75-99-87-89(101-77-65-53-43-33-23-13-3)93(105-81-69-57-47-37-27-17-7)97(94(106-82-70-58-48-38-28-18-8)90(87)102-78-66-54-44-34-24-14-4)109-85-73-61-62-74-86-110-98-95(107-83-71-59-49-39-29-19-9)91(103-79-67-55-45-35-25-15-5)88(100-76-64-52-42-32-22-12-2)92(104-80-68-56-46-36-26-16-6)96(98)108-84-72-60-50-40-30-20-10/h11-86H2,1-10H3. The molecule has 0 aliphatic carbocycles. The summed E-state index contributed by atoms with van der Waals surface area (Å²) in [5, 5.41) is 0. The van der Waals surface area contributed by atoms with Crippen LogP contribution in [-0.4, -0.2) is 69.0 Å². The lowest BCUT2D eigenvalue weighted by atomic mass is 10.1. The number of unbranched alkanes of at least 4 members (excludes halogenated alkanes) is 53. The van der Waals surface area contributed by atoms with Crippen molar-refractivity contribution in [2.45, 2.75) is 539 Å². The quantitative estimate of drug-likeness (QED) is 0.0458. The summed E-state index contributed by atoms with van der Waals surface area (Å²) in [6, 6.07) is 0. The van der Waals surface area contributed by atoms with E-state index in [-0.39, 0.29) is 0 Å². The minimum absolute atomic E-state index is 1.25. The third kappa shape index (κ3) is 57.8. The summed E-state index contributed by atoms with van der Waals surface area (Å²) in [5.74, 6) is 15.2. The van der Waals surface area contributed by atoms with E-state index in [1.807, 2.05) is 0 Å². The lowest BCUT2D eigenvalue weighted by Crippen LogP contribution is -2.01. The second-order valence-electron chi connectivity index (χ2n) is 32.2. The zero-order chi connectivity index (χ0) is 79.2. The second kappa shape index (κ2) is 85.2. The molecule has 0 bridgehead atoms. The van der Waals surface area contributed by atoms with Crippen LogP contribution < -0.4 is 0 Å². The maximum absolute atomic E-state index is 2.38. The van der Waals surface area contributed by atoms with E-state index in [1.54, 1.807) is 58.7 Å². The fraction of sp³-hybridized carbons (Fsp3) is 0.878. The zero-order valence-corrected chi connectivity index (χ0v) is 84.4. The normalized spacial score (nSPS) is 11.8. The van der Waals surface area contributed by atoms with Gasteiger partial charge in [0.05, 0.1) is 0 Å². The van der Waals surface area contributed by atoms with Crippen molar-refractivity contribution in [1.29, 1.82) is 0 Å². The Hall–Kier alpha value is 2.64. The summed E-state index contributed by atoms with van der Waals surface area (Å²) in [6.45, 7) is 23.8. The van der Waals surface area contributed by atoms with Gasteiger partial charge in [0, 0.05) is 58.7 Å². The molecule has 0 aliphatic rings. The van der Waals surface area contributed by atoms with E-state index in [0.29, 0.717) is 0 Å². The van der Waals surface area contributed by atoms with Crippen LogP contribution in [0.1, 0.15) is 480 Å². The Morgan fingerprint density at radius 2 is 0.155 bits per heavy atom. The van der Waals surface area contributed by atoms with Crippen LogP contribution >= 0.6 is 141 Å². The largest absolute Gasteiger partial charge is 0.124 e. The molecule has 0 heterocycles. The van der Waals surface area contributed by atoms with Crippen LogP contribution in [-0.2, 0) is 0 Å². The predicted molar refractivity (Wildman–Crippen MR) is 534 cm³/mol. The van der Waals surface area contributed by atoms with Crippen molar-refractivity contribution >= 4 is 141 Å². The molecule has 2 aromatic rings. The van der Waals surface area contributed by atoms with E-state index in [4.69, 9.17) is 0 Å². The SMILES string of the molecule is CCCCCCCCSc1c(SCCCCCCCC)c(SCCCCCCCC)c(SCCCCCCSc2c(SCCCCCCCC)c(SCCCCCCCC)c(SCCCCCCCC)c(SCCCCCCCC)c2SCCCCCCCC)c(SCCCCCCCC)c1SCCCCCCCC. The molecule has 0 radical (unpaired) electrons. The molecule has 0 aliphatic heterocycles. The first-order valence-corrected chi connectivity index (χ1v) is 60.3.